The Morgan fingerprint density at radius 2 is 1.22 bits per heavy atom. The van der Waals surface area contributed by atoms with Gasteiger partial charge in [0, 0.05) is 0 Å². The molecule has 0 spiro atoms. The Morgan fingerprint density at radius 1 is 1.22 bits per heavy atom. The zero-order valence-corrected chi connectivity index (χ0v) is 4.89. The molecule has 0 amide bonds. The van der Waals surface area contributed by atoms with Crippen molar-refractivity contribution in [3.63, 3.8) is 0 Å². The largest absolute Gasteiger partial charge is 1.00 e. The summed E-state index contributed by atoms with van der Waals surface area (Å²) in [5.74, 6) is 0. The van der Waals surface area contributed by atoms with Crippen LogP contribution in [0.15, 0.2) is 0 Å². The third kappa shape index (κ3) is 66000. The molecule has 0 bridgehead atoms. The lowest BCUT2D eigenvalue weighted by atomic mass is 10.3. The Balaban J connectivity index is -0.0000000910. The van der Waals surface area contributed by atoms with E-state index in [-0.39, 0.29) is 1.43 Å². The van der Waals surface area contributed by atoms with E-state index in [0.29, 0.717) is 0 Å². The summed E-state index contributed by atoms with van der Waals surface area (Å²) in [5, 5.41) is 0. The van der Waals surface area contributed by atoms with Gasteiger partial charge in [-0.05, 0) is 0 Å². The van der Waals surface area contributed by atoms with Crippen LogP contribution in [0.4, 0.5) is 17.3 Å². The van der Waals surface area contributed by atoms with Gasteiger partial charge in [0.1, 0.15) is 0 Å². The van der Waals surface area contributed by atoms with Gasteiger partial charge in [0.25, 0.3) is 0 Å². The second-order valence-corrected chi connectivity index (χ2v) is 1.34. The molecule has 0 aromatic rings. The van der Waals surface area contributed by atoms with Crippen molar-refractivity contribution >= 4 is 15.5 Å². The molecular weight excluding hydrogens is 166 g/mol. The third-order valence-corrected chi connectivity index (χ3v) is 0. The van der Waals surface area contributed by atoms with Gasteiger partial charge in [0.2, 0.25) is 0 Å². The van der Waals surface area contributed by atoms with Crippen LogP contribution in [-0.4, -0.2) is 17.0 Å². The summed E-state index contributed by atoms with van der Waals surface area (Å²) in [5.41, 5.74) is 0. The van der Waals surface area contributed by atoms with Crippen molar-refractivity contribution in [1.82, 2.24) is 0 Å². The first-order valence-corrected chi connectivity index (χ1v) is 2.83. The van der Waals surface area contributed by atoms with E-state index in [2.05, 4.69) is 0 Å². The molecule has 3 nitrogen and oxygen atoms in total. The second-order valence-electron chi connectivity index (χ2n) is 0.777. The van der Waals surface area contributed by atoms with Crippen LogP contribution in [0, 0.1) is 0 Å². The van der Waals surface area contributed by atoms with Crippen LogP contribution in [0.3, 0.4) is 0 Å². The molecule has 0 saturated carbocycles. The van der Waals surface area contributed by atoms with Crippen LogP contribution in [0.1, 0.15) is 1.43 Å². The molecule has 0 radical (unpaired) electrons. The van der Waals surface area contributed by atoms with E-state index in [9.17, 15) is 17.3 Å². The zero-order chi connectivity index (χ0) is 8.08. The molecule has 0 rings (SSSR count). The van der Waals surface area contributed by atoms with Gasteiger partial charge in [-0.25, -0.2) is 0 Å². The first-order chi connectivity index (χ1) is 3.73. The predicted octanol–water partition coefficient (Wildman–Crippen LogP) is 0.773. The quantitative estimate of drug-likeness (QED) is 0.320. The Kier molecular flexibility index (Phi) is 6.21. The van der Waals surface area contributed by atoms with E-state index in [1.54, 1.807) is 0 Å². The topological polar surface area (TPSA) is 57.5 Å². The van der Waals surface area contributed by atoms with Crippen LogP contribution < -0.4 is 0 Å². The maximum absolute atomic E-state index is 9.75. The zero-order valence-electron chi connectivity index (χ0n) is 4.89. The van der Waals surface area contributed by atoms with E-state index in [4.69, 9.17) is 14.4 Å². The molecule has 0 atom stereocenters. The van der Waals surface area contributed by atoms with Crippen molar-refractivity contribution < 1.29 is 33.0 Å². The highest BCUT2D eigenvalue weighted by Crippen LogP contribution is 2.06. The smallest absolute Gasteiger partial charge is 0.418 e. The minimum absolute atomic E-state index is 0. The highest BCUT2D eigenvalue weighted by atomic mass is 31.1. The van der Waals surface area contributed by atoms with Crippen molar-refractivity contribution in [2.45, 2.75) is 0 Å². The van der Waals surface area contributed by atoms with Crippen LogP contribution in [0.2, 0.25) is 0 Å². The lowest BCUT2D eigenvalue weighted by Crippen LogP contribution is -2.02. The Hall–Kier alpha value is -0.0651. The van der Waals surface area contributed by atoms with Crippen LogP contribution in [0.25, 0.3) is 0 Å². The fourth-order valence-corrected chi connectivity index (χ4v) is 0. The minimum Gasteiger partial charge on any atom is -0.418 e. The first kappa shape index (κ1) is 11.7. The van der Waals surface area contributed by atoms with Gasteiger partial charge >= 0.3 is 16.9 Å². The van der Waals surface area contributed by atoms with E-state index < -0.39 is 15.5 Å². The van der Waals surface area contributed by atoms with Crippen LogP contribution in [0.5, 0.6) is 0 Å². The summed E-state index contributed by atoms with van der Waals surface area (Å²) < 4.78 is 47.7. The van der Waals surface area contributed by atoms with Gasteiger partial charge in [0.05, 0.1) is 0 Å². The monoisotopic (exact) mass is 170 g/mol. The maximum Gasteiger partial charge on any atom is 1.00 e. The molecule has 0 aliphatic rings. The van der Waals surface area contributed by atoms with E-state index in [1.807, 2.05) is 0 Å². The molecule has 9 heteroatoms. The van der Waals surface area contributed by atoms with Gasteiger partial charge < -0.3 is 27.0 Å². The van der Waals surface area contributed by atoms with Gasteiger partial charge in [-0.15, -0.1) is 0 Å². The molecule has 0 saturated heterocycles. The molecule has 0 fully saturated rings. The molecule has 0 heterocycles. The average molecular weight is 170 g/mol. The predicted molar refractivity (Wildman–Crippen MR) is 24.7 cm³/mol. The molecule has 0 unspecified atom stereocenters. The lowest BCUT2D eigenvalue weighted by molar-refractivity contribution is 0.368. The maximum atomic E-state index is 9.75. The van der Waals surface area contributed by atoms with Gasteiger partial charge in [-0.3, -0.25) is 4.57 Å². The standard InChI is InChI=1S/BF4.H3O3P/c2-1(3,4)5;1-4(2)3/h;4H,(H2,1,2,3)/q-1;/p+1. The fourth-order valence-electron chi connectivity index (χ4n) is 0. The number of halogens is 4. The second kappa shape index (κ2) is 4.78. The summed E-state index contributed by atoms with van der Waals surface area (Å²) in [7, 11) is -9.13. The summed E-state index contributed by atoms with van der Waals surface area (Å²) in [6.45, 7) is 0. The molecule has 58 valence electrons. The van der Waals surface area contributed by atoms with Gasteiger partial charge in [0.15, 0.2) is 0 Å². The molecular formula is H4BF4O3P. The Labute approximate surface area is 49.8 Å². The van der Waals surface area contributed by atoms with E-state index >= 15 is 0 Å². The first-order valence-electron chi connectivity index (χ1n) is 1.52. The number of hydrogen-bond donors (Lipinski definition) is 2. The Morgan fingerprint density at radius 3 is 1.22 bits per heavy atom. The van der Waals surface area contributed by atoms with E-state index in [1.165, 1.54) is 0 Å². The van der Waals surface area contributed by atoms with E-state index in [0.717, 1.165) is 0 Å². The number of hydrogen-bond acceptors (Lipinski definition) is 1. The normalized spacial score (nSPS) is 10.6. The number of rotatable bonds is 0. The van der Waals surface area contributed by atoms with Crippen molar-refractivity contribution in [2.75, 3.05) is 0 Å². The van der Waals surface area contributed by atoms with Crippen LogP contribution in [-0.2, 0) is 4.57 Å². The van der Waals surface area contributed by atoms with Gasteiger partial charge in [-0.2, -0.15) is 0 Å². The highest BCUT2D eigenvalue weighted by Gasteiger charge is 2.20. The fraction of sp³-hybridized carbons (Fsp3) is 0. The minimum atomic E-state index is -6.00. The van der Waals surface area contributed by atoms with Crippen molar-refractivity contribution in [3.05, 3.63) is 0 Å². The summed E-state index contributed by atoms with van der Waals surface area (Å²) in [6, 6.07) is 0. The highest BCUT2D eigenvalue weighted by molar-refractivity contribution is 7.30. The molecule has 0 aliphatic heterocycles. The summed E-state index contributed by atoms with van der Waals surface area (Å²) >= 11 is 0. The molecule has 0 aromatic heterocycles. The van der Waals surface area contributed by atoms with Crippen molar-refractivity contribution in [3.8, 4) is 0 Å². The molecule has 0 aliphatic carbocycles. The third-order valence-electron chi connectivity index (χ3n) is 0. The lowest BCUT2D eigenvalue weighted by Gasteiger charge is -1.94. The molecule has 0 aromatic carbocycles. The molecule has 9 heavy (non-hydrogen) atoms. The molecule has 2 N–H and O–H groups in total. The summed E-state index contributed by atoms with van der Waals surface area (Å²) in [4.78, 5) is 14.3. The Bertz CT molecular complexity index is 83.0. The average Bonchev–Trinajstić information content (AvgIpc) is 1.19. The SMILES string of the molecule is F[B-](F)(F)F.O=[PH](O)O.[H+]. The van der Waals surface area contributed by atoms with Crippen molar-refractivity contribution in [1.29, 1.82) is 0 Å². The summed E-state index contributed by atoms with van der Waals surface area (Å²) in [6.07, 6.45) is 0. The van der Waals surface area contributed by atoms with Gasteiger partial charge in [-0.1, -0.05) is 0 Å². The van der Waals surface area contributed by atoms with Crippen LogP contribution >= 0.6 is 8.25 Å². The van der Waals surface area contributed by atoms with Crippen molar-refractivity contribution in [2.24, 2.45) is 0 Å².